The van der Waals surface area contributed by atoms with Gasteiger partial charge in [0.05, 0.1) is 18.2 Å². The summed E-state index contributed by atoms with van der Waals surface area (Å²) in [6.45, 7) is 2.46. The maximum Gasteiger partial charge on any atom is 0.244 e. The van der Waals surface area contributed by atoms with Crippen LogP contribution in [-0.2, 0) is 23.2 Å². The second kappa shape index (κ2) is 4.05. The molecule has 1 aromatic rings. The summed E-state index contributed by atoms with van der Waals surface area (Å²) >= 11 is 0. The lowest BCUT2D eigenvalue weighted by Gasteiger charge is -2.07. The number of amides is 2. The molecule has 2 rings (SSSR count). The molecule has 0 bridgehead atoms. The molecule has 0 spiro atoms. The topological polar surface area (TPSA) is 76.0 Å². The number of rotatable bonds is 3. The zero-order chi connectivity index (χ0) is 11.7. The molecular weight excluding hydrogens is 208 g/mol. The summed E-state index contributed by atoms with van der Waals surface area (Å²) in [4.78, 5) is 22.2. The van der Waals surface area contributed by atoms with Gasteiger partial charge in [0, 0.05) is 25.4 Å². The maximum atomic E-state index is 11.3. The Morgan fingerprint density at radius 1 is 1.62 bits per heavy atom. The van der Waals surface area contributed by atoms with E-state index in [1.807, 2.05) is 20.2 Å². The standard InChI is InChI=1S/C10H14N4O2/c1-6-7(5-14(2)13-6)4-11-8-3-9(15)12-10(8)16/h5,8,11H,3-4H2,1-2H3,(H,12,15,16). The number of hydrogen-bond donors (Lipinski definition) is 2. The SMILES string of the molecule is Cc1nn(C)cc1CNC1CC(=O)NC1=O. The minimum absolute atomic E-state index is 0.217. The predicted octanol–water partition coefficient (Wildman–Crippen LogP) is -0.767. The van der Waals surface area contributed by atoms with Gasteiger partial charge in [-0.1, -0.05) is 0 Å². The lowest BCUT2D eigenvalue weighted by atomic mass is 10.2. The Morgan fingerprint density at radius 3 is 2.88 bits per heavy atom. The van der Waals surface area contributed by atoms with Crippen molar-refractivity contribution in [2.75, 3.05) is 0 Å². The van der Waals surface area contributed by atoms with Gasteiger partial charge >= 0.3 is 0 Å². The van der Waals surface area contributed by atoms with Gasteiger partial charge in [0.15, 0.2) is 0 Å². The van der Waals surface area contributed by atoms with E-state index < -0.39 is 6.04 Å². The Morgan fingerprint density at radius 2 is 2.38 bits per heavy atom. The van der Waals surface area contributed by atoms with Gasteiger partial charge in [-0.15, -0.1) is 0 Å². The third-order valence-electron chi connectivity index (χ3n) is 2.62. The van der Waals surface area contributed by atoms with Gasteiger partial charge < -0.3 is 5.32 Å². The molecule has 2 N–H and O–H groups in total. The fourth-order valence-corrected chi connectivity index (χ4v) is 1.77. The summed E-state index contributed by atoms with van der Waals surface area (Å²) in [5.74, 6) is -0.461. The number of aryl methyl sites for hydroxylation is 2. The second-order valence-corrected chi connectivity index (χ2v) is 3.96. The van der Waals surface area contributed by atoms with Crippen LogP contribution in [0.15, 0.2) is 6.20 Å². The van der Waals surface area contributed by atoms with E-state index in [0.717, 1.165) is 11.3 Å². The van der Waals surface area contributed by atoms with Crippen LogP contribution in [0.25, 0.3) is 0 Å². The highest BCUT2D eigenvalue weighted by Gasteiger charge is 2.29. The van der Waals surface area contributed by atoms with E-state index in [9.17, 15) is 9.59 Å². The average molecular weight is 222 g/mol. The van der Waals surface area contributed by atoms with Crippen LogP contribution >= 0.6 is 0 Å². The highest BCUT2D eigenvalue weighted by atomic mass is 16.2. The molecule has 0 aromatic carbocycles. The zero-order valence-corrected chi connectivity index (χ0v) is 9.28. The van der Waals surface area contributed by atoms with Crippen molar-refractivity contribution in [3.05, 3.63) is 17.5 Å². The van der Waals surface area contributed by atoms with Crippen LogP contribution in [-0.4, -0.2) is 27.6 Å². The lowest BCUT2D eigenvalue weighted by Crippen LogP contribution is -2.35. The molecule has 2 amide bonds. The molecule has 1 aliphatic heterocycles. The van der Waals surface area contributed by atoms with Crippen molar-refractivity contribution in [2.45, 2.75) is 25.9 Å². The van der Waals surface area contributed by atoms with E-state index in [2.05, 4.69) is 15.7 Å². The van der Waals surface area contributed by atoms with E-state index in [-0.39, 0.29) is 18.2 Å². The highest BCUT2D eigenvalue weighted by molar-refractivity contribution is 6.05. The van der Waals surface area contributed by atoms with Crippen molar-refractivity contribution in [3.63, 3.8) is 0 Å². The third-order valence-corrected chi connectivity index (χ3v) is 2.62. The first kappa shape index (κ1) is 10.8. The summed E-state index contributed by atoms with van der Waals surface area (Å²) in [7, 11) is 1.85. The number of carbonyl (C=O) groups excluding carboxylic acids is 2. The molecule has 86 valence electrons. The maximum absolute atomic E-state index is 11.3. The van der Waals surface area contributed by atoms with Gasteiger partial charge in [-0.3, -0.25) is 19.6 Å². The van der Waals surface area contributed by atoms with Crippen LogP contribution in [0.3, 0.4) is 0 Å². The summed E-state index contributed by atoms with van der Waals surface area (Å²) < 4.78 is 1.73. The summed E-state index contributed by atoms with van der Waals surface area (Å²) in [5.41, 5.74) is 1.97. The monoisotopic (exact) mass is 222 g/mol. The van der Waals surface area contributed by atoms with E-state index in [1.54, 1.807) is 4.68 Å². The number of nitrogens with zero attached hydrogens (tertiary/aromatic N) is 2. The van der Waals surface area contributed by atoms with Crippen LogP contribution in [0.2, 0.25) is 0 Å². The Labute approximate surface area is 93.0 Å². The van der Waals surface area contributed by atoms with Gasteiger partial charge in [-0.25, -0.2) is 0 Å². The Kier molecular flexibility index (Phi) is 2.74. The minimum atomic E-state index is -0.410. The molecule has 1 fully saturated rings. The normalized spacial score (nSPS) is 20.2. The molecule has 1 aromatic heterocycles. The molecule has 2 heterocycles. The molecule has 1 unspecified atom stereocenters. The third kappa shape index (κ3) is 2.11. The quantitative estimate of drug-likeness (QED) is 0.659. The molecule has 6 heteroatoms. The molecule has 1 aliphatic rings. The van der Waals surface area contributed by atoms with Crippen molar-refractivity contribution in [1.82, 2.24) is 20.4 Å². The van der Waals surface area contributed by atoms with Crippen LogP contribution in [0.4, 0.5) is 0 Å². The van der Waals surface area contributed by atoms with Crippen molar-refractivity contribution >= 4 is 11.8 Å². The molecule has 1 saturated heterocycles. The van der Waals surface area contributed by atoms with Crippen molar-refractivity contribution < 1.29 is 9.59 Å². The minimum Gasteiger partial charge on any atom is -0.301 e. The smallest absolute Gasteiger partial charge is 0.244 e. The number of imide groups is 1. The van der Waals surface area contributed by atoms with E-state index in [1.165, 1.54) is 0 Å². The zero-order valence-electron chi connectivity index (χ0n) is 9.28. The number of carbonyl (C=O) groups is 2. The van der Waals surface area contributed by atoms with Gasteiger partial charge in [-0.05, 0) is 6.92 Å². The van der Waals surface area contributed by atoms with E-state index in [0.29, 0.717) is 6.54 Å². The Bertz CT molecular complexity index is 438. The first-order valence-electron chi connectivity index (χ1n) is 5.12. The predicted molar refractivity (Wildman–Crippen MR) is 56.3 cm³/mol. The van der Waals surface area contributed by atoms with Gasteiger partial charge in [0.2, 0.25) is 11.8 Å². The molecule has 0 radical (unpaired) electrons. The van der Waals surface area contributed by atoms with Crippen molar-refractivity contribution in [3.8, 4) is 0 Å². The lowest BCUT2D eigenvalue weighted by molar-refractivity contribution is -0.125. The number of nitrogens with one attached hydrogen (secondary N) is 2. The van der Waals surface area contributed by atoms with Crippen molar-refractivity contribution in [1.29, 1.82) is 0 Å². The number of hydrogen-bond acceptors (Lipinski definition) is 4. The Hall–Kier alpha value is -1.69. The number of aromatic nitrogens is 2. The van der Waals surface area contributed by atoms with Gasteiger partial charge in [0.1, 0.15) is 0 Å². The van der Waals surface area contributed by atoms with E-state index >= 15 is 0 Å². The molecule has 0 saturated carbocycles. The first-order chi connectivity index (χ1) is 7.56. The van der Waals surface area contributed by atoms with Crippen molar-refractivity contribution in [2.24, 2.45) is 7.05 Å². The Balaban J connectivity index is 1.95. The van der Waals surface area contributed by atoms with Gasteiger partial charge in [0.25, 0.3) is 0 Å². The van der Waals surface area contributed by atoms with Crippen LogP contribution in [0, 0.1) is 6.92 Å². The fourth-order valence-electron chi connectivity index (χ4n) is 1.77. The van der Waals surface area contributed by atoms with Crippen LogP contribution < -0.4 is 10.6 Å². The molecule has 16 heavy (non-hydrogen) atoms. The van der Waals surface area contributed by atoms with Crippen LogP contribution in [0.1, 0.15) is 17.7 Å². The van der Waals surface area contributed by atoms with Crippen LogP contribution in [0.5, 0.6) is 0 Å². The molecular formula is C10H14N4O2. The summed E-state index contributed by atoms with van der Waals surface area (Å²) in [6, 6.07) is -0.410. The molecule has 1 atom stereocenters. The summed E-state index contributed by atoms with van der Waals surface area (Å²) in [6.07, 6.45) is 2.12. The highest BCUT2D eigenvalue weighted by Crippen LogP contribution is 2.07. The van der Waals surface area contributed by atoms with Gasteiger partial charge in [-0.2, -0.15) is 5.10 Å². The fraction of sp³-hybridized carbons (Fsp3) is 0.500. The average Bonchev–Trinajstić information content (AvgIpc) is 2.66. The molecule has 0 aliphatic carbocycles. The second-order valence-electron chi connectivity index (χ2n) is 3.96. The first-order valence-corrected chi connectivity index (χ1v) is 5.12. The van der Waals surface area contributed by atoms with E-state index in [4.69, 9.17) is 0 Å². The molecule has 6 nitrogen and oxygen atoms in total. The summed E-state index contributed by atoms with van der Waals surface area (Å²) in [5, 5.41) is 9.51. The largest absolute Gasteiger partial charge is 0.301 e.